The number of H-pyrrole nitrogens is 2. The van der Waals surface area contributed by atoms with E-state index in [1.165, 1.54) is 19.4 Å². The maximum absolute atomic E-state index is 13.9. The summed E-state index contributed by atoms with van der Waals surface area (Å²) in [5.41, 5.74) is 13.7. The molecule has 11 N–H and O–H groups in total. The molecule has 2 aromatic carbocycles. The van der Waals surface area contributed by atoms with Crippen LogP contribution in [-0.4, -0.2) is 86.3 Å². The number of carboxylic acid groups (broad SMARTS) is 1. The zero-order valence-electron chi connectivity index (χ0n) is 27.5. The second-order valence-electron chi connectivity index (χ2n) is 11.8. The average Bonchev–Trinajstić information content (AvgIpc) is 3.75. The Hall–Kier alpha value is -6.19. The standard InChI is InChI=1S/C34H42N10O6/c1-20(45)41-28(16-23-18-37-19-40-23)32(48)43-27(14-21-8-3-2-4-9-21)31(47)42-26(12-7-13-38-34(35)36)30(46)44-29(33(49)50)15-22-17-39-25-11-6-5-10-24(22)25/h2-6,8-11,17-19,26-29,39H,7,12-16H2,1H3,(H,37,40)(H,41,45)(H,42,47)(H,43,48)(H,44,46)(H,49,50)(H4,35,36,38)/t26-,27+,28-,29+/m0/s1. The van der Waals surface area contributed by atoms with Gasteiger partial charge in [0.2, 0.25) is 23.6 Å². The molecule has 4 aromatic rings. The first-order valence-corrected chi connectivity index (χ1v) is 16.0. The molecule has 0 spiro atoms. The van der Waals surface area contributed by atoms with Crippen molar-refractivity contribution in [2.24, 2.45) is 16.5 Å². The number of aromatic nitrogens is 3. The summed E-state index contributed by atoms with van der Waals surface area (Å²) >= 11 is 0. The third-order valence-electron chi connectivity index (χ3n) is 7.88. The van der Waals surface area contributed by atoms with Crippen LogP contribution in [0.25, 0.3) is 10.9 Å². The number of nitrogens with two attached hydrogens (primary N) is 2. The van der Waals surface area contributed by atoms with E-state index in [9.17, 15) is 29.1 Å². The number of hydrogen-bond acceptors (Lipinski definition) is 7. The van der Waals surface area contributed by atoms with Crippen molar-refractivity contribution in [3.8, 4) is 0 Å². The molecule has 0 aliphatic carbocycles. The van der Waals surface area contributed by atoms with Crippen LogP contribution in [0.15, 0.2) is 78.3 Å². The molecule has 2 aromatic heterocycles. The number of nitrogens with one attached hydrogen (secondary N) is 6. The summed E-state index contributed by atoms with van der Waals surface area (Å²) in [6.45, 7) is 1.42. The number of para-hydroxylation sites is 1. The highest BCUT2D eigenvalue weighted by Crippen LogP contribution is 2.19. The number of nitrogens with zero attached hydrogens (tertiary/aromatic N) is 2. The Morgan fingerprint density at radius 1 is 0.800 bits per heavy atom. The Labute approximate surface area is 287 Å². The van der Waals surface area contributed by atoms with Crippen molar-refractivity contribution in [3.63, 3.8) is 0 Å². The molecule has 4 amide bonds. The molecule has 264 valence electrons. The second-order valence-corrected chi connectivity index (χ2v) is 11.8. The van der Waals surface area contributed by atoms with Crippen LogP contribution in [0, 0.1) is 0 Å². The maximum atomic E-state index is 13.9. The molecular weight excluding hydrogens is 644 g/mol. The Morgan fingerprint density at radius 2 is 1.44 bits per heavy atom. The number of imidazole rings is 1. The van der Waals surface area contributed by atoms with Gasteiger partial charge in [-0.05, 0) is 30.0 Å². The number of carboxylic acids is 1. The van der Waals surface area contributed by atoms with Crippen molar-refractivity contribution >= 4 is 46.5 Å². The van der Waals surface area contributed by atoms with Gasteiger partial charge in [-0.2, -0.15) is 0 Å². The summed E-state index contributed by atoms with van der Waals surface area (Å²) in [7, 11) is 0. The fourth-order valence-corrected chi connectivity index (χ4v) is 5.44. The van der Waals surface area contributed by atoms with Gasteiger partial charge >= 0.3 is 5.97 Å². The van der Waals surface area contributed by atoms with Crippen LogP contribution in [0.5, 0.6) is 0 Å². The van der Waals surface area contributed by atoms with E-state index in [0.717, 1.165) is 16.5 Å². The SMILES string of the molecule is CC(=O)N[C@@H](Cc1cnc[nH]1)C(=O)N[C@H](Cc1ccccc1)C(=O)N[C@@H](CCCN=C(N)N)C(=O)N[C@H](Cc1c[nH]c2ccccc12)C(=O)O. The van der Waals surface area contributed by atoms with Crippen molar-refractivity contribution < 1.29 is 29.1 Å². The molecule has 0 saturated carbocycles. The first-order valence-electron chi connectivity index (χ1n) is 16.0. The highest BCUT2D eigenvalue weighted by molar-refractivity contribution is 5.95. The van der Waals surface area contributed by atoms with E-state index in [-0.39, 0.29) is 44.6 Å². The number of carbonyl (C=O) groups excluding carboxylic acids is 4. The lowest BCUT2D eigenvalue weighted by Crippen LogP contribution is -2.58. The number of aliphatic imine (C=N–C) groups is 1. The fourth-order valence-electron chi connectivity index (χ4n) is 5.44. The molecule has 0 aliphatic rings. The smallest absolute Gasteiger partial charge is 0.326 e. The highest BCUT2D eigenvalue weighted by atomic mass is 16.4. The van der Waals surface area contributed by atoms with E-state index in [2.05, 4.69) is 41.2 Å². The predicted octanol–water partition coefficient (Wildman–Crippen LogP) is 0.0162. The van der Waals surface area contributed by atoms with Gasteiger partial charge in [-0.25, -0.2) is 9.78 Å². The number of aliphatic carboxylic acids is 1. The van der Waals surface area contributed by atoms with Gasteiger partial charge in [0.05, 0.1) is 6.33 Å². The number of fused-ring (bicyclic) bond motifs is 1. The van der Waals surface area contributed by atoms with Gasteiger partial charge in [0.1, 0.15) is 24.2 Å². The van der Waals surface area contributed by atoms with Crippen LogP contribution in [0.4, 0.5) is 0 Å². The minimum absolute atomic E-state index is 0.0205. The second kappa shape index (κ2) is 17.8. The molecule has 0 aliphatic heterocycles. The lowest BCUT2D eigenvalue weighted by atomic mass is 10.0. The summed E-state index contributed by atoms with van der Waals surface area (Å²) in [5, 5.41) is 21.5. The molecule has 0 radical (unpaired) electrons. The normalized spacial score (nSPS) is 13.3. The van der Waals surface area contributed by atoms with E-state index < -0.39 is 53.8 Å². The Kier molecular flexibility index (Phi) is 13.1. The minimum atomic E-state index is -1.32. The Bertz CT molecular complexity index is 1790. The number of aromatic amines is 2. The van der Waals surface area contributed by atoms with Crippen molar-refractivity contribution in [2.75, 3.05) is 6.54 Å². The van der Waals surface area contributed by atoms with Gasteiger partial charge in [0, 0.05) is 61.7 Å². The number of rotatable bonds is 18. The van der Waals surface area contributed by atoms with Crippen LogP contribution in [0.3, 0.4) is 0 Å². The highest BCUT2D eigenvalue weighted by Gasteiger charge is 2.32. The molecule has 16 nitrogen and oxygen atoms in total. The lowest BCUT2D eigenvalue weighted by molar-refractivity contribution is -0.142. The number of amides is 4. The third kappa shape index (κ3) is 10.9. The third-order valence-corrected chi connectivity index (χ3v) is 7.88. The molecule has 4 rings (SSSR count). The summed E-state index contributed by atoms with van der Waals surface area (Å²) in [4.78, 5) is 79.3. The lowest BCUT2D eigenvalue weighted by Gasteiger charge is -2.26. The summed E-state index contributed by atoms with van der Waals surface area (Å²) < 4.78 is 0. The summed E-state index contributed by atoms with van der Waals surface area (Å²) in [5.74, 6) is -3.93. The van der Waals surface area contributed by atoms with E-state index in [1.54, 1.807) is 36.5 Å². The summed E-state index contributed by atoms with van der Waals surface area (Å²) in [6, 6.07) is 11.6. The van der Waals surface area contributed by atoms with Crippen molar-refractivity contribution in [2.45, 2.75) is 63.2 Å². The number of guanidine groups is 1. The van der Waals surface area contributed by atoms with Crippen LogP contribution in [0.2, 0.25) is 0 Å². The van der Waals surface area contributed by atoms with E-state index in [4.69, 9.17) is 11.5 Å². The van der Waals surface area contributed by atoms with Crippen LogP contribution >= 0.6 is 0 Å². The molecule has 16 heteroatoms. The minimum Gasteiger partial charge on any atom is -0.480 e. The molecule has 0 saturated heterocycles. The zero-order valence-corrected chi connectivity index (χ0v) is 27.5. The van der Waals surface area contributed by atoms with Crippen LogP contribution < -0.4 is 32.7 Å². The van der Waals surface area contributed by atoms with E-state index in [0.29, 0.717) is 11.3 Å². The van der Waals surface area contributed by atoms with Gasteiger partial charge in [-0.1, -0.05) is 48.5 Å². The molecule has 2 heterocycles. The van der Waals surface area contributed by atoms with Gasteiger partial charge in [0.25, 0.3) is 0 Å². The maximum Gasteiger partial charge on any atom is 0.326 e. The van der Waals surface area contributed by atoms with Crippen molar-refractivity contribution in [3.05, 3.63) is 90.1 Å². The number of carbonyl (C=O) groups is 5. The largest absolute Gasteiger partial charge is 0.480 e. The molecular formula is C34H42N10O6. The molecule has 0 fully saturated rings. The van der Waals surface area contributed by atoms with E-state index >= 15 is 0 Å². The van der Waals surface area contributed by atoms with E-state index in [1.807, 2.05) is 24.3 Å². The average molecular weight is 687 g/mol. The summed E-state index contributed by atoms with van der Waals surface area (Å²) in [6.07, 6.45) is 5.08. The van der Waals surface area contributed by atoms with Gasteiger partial charge < -0.3 is 47.8 Å². The first kappa shape index (κ1) is 36.6. The first-order chi connectivity index (χ1) is 24.0. The Balaban J connectivity index is 1.55. The molecule has 0 bridgehead atoms. The van der Waals surface area contributed by atoms with Gasteiger partial charge in [-0.3, -0.25) is 24.2 Å². The quantitative estimate of drug-likeness (QED) is 0.0387. The molecule has 50 heavy (non-hydrogen) atoms. The number of benzene rings is 2. The number of hydrogen-bond donors (Lipinski definition) is 9. The fraction of sp³-hybridized carbons (Fsp3) is 0.324. The van der Waals surface area contributed by atoms with Crippen LogP contribution in [0.1, 0.15) is 36.6 Å². The van der Waals surface area contributed by atoms with Gasteiger partial charge in [-0.15, -0.1) is 0 Å². The molecule has 0 unspecified atom stereocenters. The topological polar surface area (TPSA) is 263 Å². The predicted molar refractivity (Wildman–Crippen MR) is 185 cm³/mol. The Morgan fingerprint density at radius 3 is 2.10 bits per heavy atom. The van der Waals surface area contributed by atoms with Crippen molar-refractivity contribution in [1.29, 1.82) is 0 Å². The monoisotopic (exact) mass is 686 g/mol. The van der Waals surface area contributed by atoms with Crippen LogP contribution in [-0.2, 0) is 43.2 Å². The zero-order chi connectivity index (χ0) is 36.0. The van der Waals surface area contributed by atoms with Gasteiger partial charge in [0.15, 0.2) is 5.96 Å². The molecule has 4 atom stereocenters. The van der Waals surface area contributed by atoms with Crippen molar-refractivity contribution in [1.82, 2.24) is 36.2 Å².